The van der Waals surface area contributed by atoms with Crippen molar-refractivity contribution in [3.05, 3.63) is 58.6 Å². The molecule has 0 radical (unpaired) electrons. The van der Waals surface area contributed by atoms with E-state index in [-0.39, 0.29) is 5.75 Å². The second-order valence-electron chi connectivity index (χ2n) is 4.42. The van der Waals surface area contributed by atoms with Crippen LogP contribution in [0.1, 0.15) is 11.1 Å². The molecule has 0 aliphatic rings. The van der Waals surface area contributed by atoms with Crippen molar-refractivity contribution in [2.75, 3.05) is 5.73 Å². The first kappa shape index (κ1) is 13.9. The zero-order valence-electron chi connectivity index (χ0n) is 10.4. The highest BCUT2D eigenvalue weighted by atomic mass is 35.5. The molecule has 3 nitrogen and oxygen atoms in total. The smallest absolute Gasteiger partial charge is 0.182 e. The summed E-state index contributed by atoms with van der Waals surface area (Å²) in [6, 6.07) is 11.6. The van der Waals surface area contributed by atoms with Crippen LogP contribution in [0.25, 0.3) is 0 Å². The van der Waals surface area contributed by atoms with Crippen LogP contribution in [0.15, 0.2) is 47.4 Å². The number of rotatable bonds is 3. The van der Waals surface area contributed by atoms with E-state index in [0.29, 0.717) is 21.2 Å². The quantitative estimate of drug-likeness (QED) is 0.885. The molecule has 0 bridgehead atoms. The van der Waals surface area contributed by atoms with Crippen LogP contribution in [0.5, 0.6) is 0 Å². The van der Waals surface area contributed by atoms with Crippen LogP contribution >= 0.6 is 11.6 Å². The van der Waals surface area contributed by atoms with E-state index in [1.807, 2.05) is 6.92 Å². The van der Waals surface area contributed by atoms with Crippen LogP contribution in [-0.4, -0.2) is 8.42 Å². The molecule has 0 atom stereocenters. The van der Waals surface area contributed by atoms with E-state index >= 15 is 0 Å². The number of benzene rings is 2. The zero-order valence-corrected chi connectivity index (χ0v) is 12.0. The molecule has 0 heterocycles. The molecule has 19 heavy (non-hydrogen) atoms. The molecule has 100 valence electrons. The minimum absolute atomic E-state index is 0.130. The first-order chi connectivity index (χ1) is 8.88. The molecular formula is C14H14ClNO2S. The number of hydrogen-bond acceptors (Lipinski definition) is 3. The van der Waals surface area contributed by atoms with E-state index in [4.69, 9.17) is 17.3 Å². The lowest BCUT2D eigenvalue weighted by atomic mass is 10.2. The number of nitrogens with two attached hydrogens (primary N) is 1. The molecule has 0 spiro atoms. The third kappa shape index (κ3) is 3.28. The predicted octanol–water partition coefficient (Wildman–Crippen LogP) is 3.20. The van der Waals surface area contributed by atoms with Crippen LogP contribution in [0, 0.1) is 6.92 Å². The maximum absolute atomic E-state index is 12.3. The van der Waals surface area contributed by atoms with Crippen molar-refractivity contribution in [3.8, 4) is 0 Å². The molecule has 2 N–H and O–H groups in total. The third-order valence-corrected chi connectivity index (χ3v) is 4.84. The zero-order chi connectivity index (χ0) is 14.0. The normalized spacial score (nSPS) is 11.5. The lowest BCUT2D eigenvalue weighted by molar-refractivity contribution is 0.595. The van der Waals surface area contributed by atoms with Gasteiger partial charge in [0.2, 0.25) is 0 Å². The van der Waals surface area contributed by atoms with Gasteiger partial charge in [-0.3, -0.25) is 0 Å². The van der Waals surface area contributed by atoms with E-state index in [0.717, 1.165) is 5.56 Å². The van der Waals surface area contributed by atoms with Crippen LogP contribution < -0.4 is 5.73 Å². The Hall–Kier alpha value is -1.52. The maximum atomic E-state index is 12.3. The molecule has 0 amide bonds. The van der Waals surface area contributed by atoms with Crippen LogP contribution in [0.3, 0.4) is 0 Å². The first-order valence-corrected chi connectivity index (χ1v) is 7.75. The van der Waals surface area contributed by atoms with Crippen molar-refractivity contribution in [2.24, 2.45) is 0 Å². The standard InChI is InChI=1S/C14H14ClNO2S/c1-10-2-6-13(7-3-10)19(17,18)9-11-4-5-12(16)8-14(11)15/h2-8H,9,16H2,1H3. The molecular weight excluding hydrogens is 282 g/mol. The van der Waals surface area contributed by atoms with Crippen molar-refractivity contribution < 1.29 is 8.42 Å². The highest BCUT2D eigenvalue weighted by molar-refractivity contribution is 7.90. The molecule has 2 aromatic carbocycles. The number of sulfone groups is 1. The van der Waals surface area contributed by atoms with Crippen molar-refractivity contribution >= 4 is 27.1 Å². The summed E-state index contributed by atoms with van der Waals surface area (Å²) in [5.74, 6) is -0.130. The van der Waals surface area contributed by atoms with Gasteiger partial charge in [0, 0.05) is 10.7 Å². The molecule has 2 aromatic rings. The van der Waals surface area contributed by atoms with Crippen molar-refractivity contribution in [2.45, 2.75) is 17.6 Å². The fraction of sp³-hybridized carbons (Fsp3) is 0.143. The Morgan fingerprint density at radius 1 is 1.11 bits per heavy atom. The molecule has 0 fully saturated rings. The summed E-state index contributed by atoms with van der Waals surface area (Å²) in [4.78, 5) is 0.297. The van der Waals surface area contributed by atoms with E-state index in [9.17, 15) is 8.42 Å². The van der Waals surface area contributed by atoms with Gasteiger partial charge in [-0.05, 0) is 36.8 Å². The largest absolute Gasteiger partial charge is 0.399 e. The summed E-state index contributed by atoms with van der Waals surface area (Å²) in [7, 11) is -3.39. The van der Waals surface area contributed by atoms with Gasteiger partial charge in [0.05, 0.1) is 10.6 Å². The Balaban J connectivity index is 2.33. The van der Waals surface area contributed by atoms with E-state index in [1.54, 1.807) is 42.5 Å². The monoisotopic (exact) mass is 295 g/mol. The Bertz CT molecular complexity index is 694. The molecule has 0 aliphatic heterocycles. The van der Waals surface area contributed by atoms with Gasteiger partial charge in [0.25, 0.3) is 0 Å². The Labute approximate surface area is 117 Å². The highest BCUT2D eigenvalue weighted by Gasteiger charge is 2.16. The van der Waals surface area contributed by atoms with E-state index in [2.05, 4.69) is 0 Å². The first-order valence-electron chi connectivity index (χ1n) is 5.72. The Kier molecular flexibility index (Phi) is 3.83. The number of aryl methyl sites for hydroxylation is 1. The van der Waals surface area contributed by atoms with E-state index in [1.165, 1.54) is 0 Å². The third-order valence-electron chi connectivity index (χ3n) is 2.80. The predicted molar refractivity (Wildman–Crippen MR) is 77.9 cm³/mol. The van der Waals surface area contributed by atoms with Crippen LogP contribution in [-0.2, 0) is 15.6 Å². The number of anilines is 1. The molecule has 0 aromatic heterocycles. The SMILES string of the molecule is Cc1ccc(S(=O)(=O)Cc2ccc(N)cc2Cl)cc1. The van der Waals surface area contributed by atoms with Gasteiger partial charge in [-0.25, -0.2) is 8.42 Å². The summed E-state index contributed by atoms with van der Waals surface area (Å²) < 4.78 is 24.5. The average molecular weight is 296 g/mol. The van der Waals surface area contributed by atoms with Crippen LogP contribution in [0.4, 0.5) is 5.69 Å². The Morgan fingerprint density at radius 3 is 2.32 bits per heavy atom. The Morgan fingerprint density at radius 2 is 1.74 bits per heavy atom. The van der Waals surface area contributed by atoms with Gasteiger partial charge in [-0.15, -0.1) is 0 Å². The fourth-order valence-electron chi connectivity index (χ4n) is 1.71. The summed E-state index contributed by atoms with van der Waals surface area (Å²) >= 11 is 6.00. The molecule has 0 saturated carbocycles. The fourth-order valence-corrected chi connectivity index (χ4v) is 3.43. The lowest BCUT2D eigenvalue weighted by Crippen LogP contribution is -2.05. The van der Waals surface area contributed by atoms with Crippen molar-refractivity contribution in [3.63, 3.8) is 0 Å². The van der Waals surface area contributed by atoms with Gasteiger partial charge in [0.1, 0.15) is 0 Å². The second kappa shape index (κ2) is 5.23. The summed E-state index contributed by atoms with van der Waals surface area (Å²) in [5.41, 5.74) is 7.67. The van der Waals surface area contributed by atoms with Crippen LogP contribution in [0.2, 0.25) is 5.02 Å². The average Bonchev–Trinajstić information content (AvgIpc) is 2.33. The molecule has 0 saturated heterocycles. The van der Waals surface area contributed by atoms with E-state index < -0.39 is 9.84 Å². The summed E-state index contributed by atoms with van der Waals surface area (Å²) in [5, 5.41) is 0.371. The molecule has 2 rings (SSSR count). The number of nitrogen functional groups attached to an aromatic ring is 1. The number of hydrogen-bond donors (Lipinski definition) is 1. The van der Waals surface area contributed by atoms with Gasteiger partial charge in [-0.2, -0.15) is 0 Å². The topological polar surface area (TPSA) is 60.2 Å². The van der Waals surface area contributed by atoms with Gasteiger partial charge >= 0.3 is 0 Å². The second-order valence-corrected chi connectivity index (χ2v) is 6.82. The maximum Gasteiger partial charge on any atom is 0.182 e. The van der Waals surface area contributed by atoms with Crippen molar-refractivity contribution in [1.82, 2.24) is 0 Å². The summed E-state index contributed by atoms with van der Waals surface area (Å²) in [6.45, 7) is 1.91. The van der Waals surface area contributed by atoms with Gasteiger partial charge < -0.3 is 5.73 Å². The van der Waals surface area contributed by atoms with Crippen molar-refractivity contribution in [1.29, 1.82) is 0 Å². The van der Waals surface area contributed by atoms with Gasteiger partial charge in [-0.1, -0.05) is 35.4 Å². The molecule has 0 aliphatic carbocycles. The molecule has 0 unspecified atom stereocenters. The minimum Gasteiger partial charge on any atom is -0.399 e. The molecule has 5 heteroatoms. The highest BCUT2D eigenvalue weighted by Crippen LogP contribution is 2.24. The minimum atomic E-state index is -3.39. The summed E-state index contributed by atoms with van der Waals surface area (Å²) in [6.07, 6.45) is 0. The van der Waals surface area contributed by atoms with Gasteiger partial charge in [0.15, 0.2) is 9.84 Å². The number of halogens is 1. The lowest BCUT2D eigenvalue weighted by Gasteiger charge is -2.07.